The molecule has 0 bridgehead atoms. The summed E-state index contributed by atoms with van der Waals surface area (Å²) in [7, 11) is 2.16. The predicted octanol–water partition coefficient (Wildman–Crippen LogP) is 1.86. The van der Waals surface area contributed by atoms with Crippen LogP contribution in [0.3, 0.4) is 0 Å². The van der Waals surface area contributed by atoms with Gasteiger partial charge in [0.1, 0.15) is 0 Å². The minimum absolute atomic E-state index is 0.367. The first-order valence-corrected chi connectivity index (χ1v) is 7.27. The average molecular weight is 240 g/mol. The standard InChI is InChI=1S/C14H28N2O/c1-16(8-9-17-11-12-6-7-12)10-14(15)13-4-2-3-5-13/h12-14H,2-11,15H2,1H3. The lowest BCUT2D eigenvalue weighted by Crippen LogP contribution is -2.41. The zero-order chi connectivity index (χ0) is 12.1. The summed E-state index contributed by atoms with van der Waals surface area (Å²) >= 11 is 0. The quantitative estimate of drug-likeness (QED) is 0.658. The maximum Gasteiger partial charge on any atom is 0.0593 e. The van der Waals surface area contributed by atoms with Crippen LogP contribution in [0.2, 0.25) is 0 Å². The number of rotatable bonds is 8. The van der Waals surface area contributed by atoms with Crippen molar-refractivity contribution in [1.82, 2.24) is 4.90 Å². The van der Waals surface area contributed by atoms with Crippen LogP contribution in [-0.2, 0) is 4.74 Å². The Bertz CT molecular complexity index is 212. The van der Waals surface area contributed by atoms with E-state index in [0.717, 1.165) is 38.1 Å². The van der Waals surface area contributed by atoms with E-state index in [1.165, 1.54) is 38.5 Å². The monoisotopic (exact) mass is 240 g/mol. The maximum absolute atomic E-state index is 6.26. The fourth-order valence-corrected chi connectivity index (χ4v) is 2.74. The van der Waals surface area contributed by atoms with Gasteiger partial charge in [-0.2, -0.15) is 0 Å². The number of ether oxygens (including phenoxy) is 1. The summed E-state index contributed by atoms with van der Waals surface area (Å²) < 4.78 is 5.65. The summed E-state index contributed by atoms with van der Waals surface area (Å²) in [5.41, 5.74) is 6.26. The highest BCUT2D eigenvalue weighted by atomic mass is 16.5. The van der Waals surface area contributed by atoms with Gasteiger partial charge in [-0.25, -0.2) is 0 Å². The first kappa shape index (κ1) is 13.3. The van der Waals surface area contributed by atoms with Gasteiger partial charge in [0.05, 0.1) is 6.61 Å². The zero-order valence-electron chi connectivity index (χ0n) is 11.2. The Kier molecular flexibility index (Phi) is 5.26. The molecule has 0 aromatic heterocycles. The summed E-state index contributed by atoms with van der Waals surface area (Å²) in [6.07, 6.45) is 8.20. The van der Waals surface area contributed by atoms with E-state index in [1.807, 2.05) is 0 Å². The topological polar surface area (TPSA) is 38.5 Å². The molecule has 2 aliphatic rings. The second-order valence-electron chi connectivity index (χ2n) is 5.99. The van der Waals surface area contributed by atoms with Crippen molar-refractivity contribution < 1.29 is 4.74 Å². The number of hydrogen-bond donors (Lipinski definition) is 1. The van der Waals surface area contributed by atoms with Crippen LogP contribution in [0, 0.1) is 11.8 Å². The molecule has 1 atom stereocenters. The van der Waals surface area contributed by atoms with Gasteiger partial charge in [-0.3, -0.25) is 0 Å². The van der Waals surface area contributed by atoms with Crippen LogP contribution in [0.1, 0.15) is 38.5 Å². The van der Waals surface area contributed by atoms with Crippen molar-refractivity contribution in [3.05, 3.63) is 0 Å². The molecule has 0 aromatic rings. The van der Waals surface area contributed by atoms with Crippen molar-refractivity contribution >= 4 is 0 Å². The van der Waals surface area contributed by atoms with E-state index in [1.54, 1.807) is 0 Å². The number of nitrogens with two attached hydrogens (primary N) is 1. The average Bonchev–Trinajstić information content (AvgIpc) is 2.95. The molecular weight excluding hydrogens is 212 g/mol. The Hall–Kier alpha value is -0.120. The fraction of sp³-hybridized carbons (Fsp3) is 1.00. The van der Waals surface area contributed by atoms with Crippen molar-refractivity contribution in [3.8, 4) is 0 Å². The van der Waals surface area contributed by atoms with E-state index >= 15 is 0 Å². The van der Waals surface area contributed by atoms with Crippen molar-refractivity contribution in [3.63, 3.8) is 0 Å². The van der Waals surface area contributed by atoms with Gasteiger partial charge in [-0.1, -0.05) is 12.8 Å². The fourth-order valence-electron chi connectivity index (χ4n) is 2.74. The molecule has 100 valence electrons. The molecule has 1 unspecified atom stereocenters. The third kappa shape index (κ3) is 4.94. The molecule has 0 amide bonds. The lowest BCUT2D eigenvalue weighted by Gasteiger charge is -2.25. The number of nitrogens with zero attached hydrogens (tertiary/aromatic N) is 1. The van der Waals surface area contributed by atoms with E-state index in [2.05, 4.69) is 11.9 Å². The second kappa shape index (κ2) is 6.72. The van der Waals surface area contributed by atoms with Crippen LogP contribution < -0.4 is 5.73 Å². The smallest absolute Gasteiger partial charge is 0.0593 e. The van der Waals surface area contributed by atoms with Gasteiger partial charge < -0.3 is 15.4 Å². The van der Waals surface area contributed by atoms with Crippen LogP contribution >= 0.6 is 0 Å². The third-order valence-electron chi connectivity index (χ3n) is 4.20. The van der Waals surface area contributed by atoms with Gasteiger partial charge in [-0.15, -0.1) is 0 Å². The van der Waals surface area contributed by atoms with Crippen LogP contribution in [0.15, 0.2) is 0 Å². The van der Waals surface area contributed by atoms with Gasteiger partial charge in [0.15, 0.2) is 0 Å². The van der Waals surface area contributed by atoms with Crippen LogP contribution in [0.25, 0.3) is 0 Å². The second-order valence-corrected chi connectivity index (χ2v) is 5.99. The summed E-state index contributed by atoms with van der Waals surface area (Å²) in [6, 6.07) is 0.367. The molecular formula is C14H28N2O. The number of likely N-dealkylation sites (N-methyl/N-ethyl adjacent to an activating group) is 1. The summed E-state index contributed by atoms with van der Waals surface area (Å²) in [5.74, 6) is 1.64. The minimum Gasteiger partial charge on any atom is -0.380 e. The summed E-state index contributed by atoms with van der Waals surface area (Å²) in [6.45, 7) is 3.89. The highest BCUT2D eigenvalue weighted by Gasteiger charge is 2.23. The van der Waals surface area contributed by atoms with Gasteiger partial charge in [0.2, 0.25) is 0 Å². The molecule has 2 N–H and O–H groups in total. The van der Waals surface area contributed by atoms with Gasteiger partial charge in [-0.05, 0) is 44.6 Å². The molecule has 0 spiro atoms. The molecule has 2 aliphatic carbocycles. The molecule has 2 saturated carbocycles. The molecule has 0 saturated heterocycles. The largest absolute Gasteiger partial charge is 0.380 e. The summed E-state index contributed by atoms with van der Waals surface area (Å²) in [5, 5.41) is 0. The first-order chi connectivity index (χ1) is 8.25. The van der Waals surface area contributed by atoms with E-state index in [4.69, 9.17) is 10.5 Å². The van der Waals surface area contributed by atoms with Gasteiger partial charge in [0, 0.05) is 25.7 Å². The van der Waals surface area contributed by atoms with Crippen molar-refractivity contribution in [2.24, 2.45) is 17.6 Å². The molecule has 3 heteroatoms. The Balaban J connectivity index is 1.50. The molecule has 0 aromatic carbocycles. The Labute approximate surface area is 106 Å². The molecule has 3 nitrogen and oxygen atoms in total. The van der Waals surface area contributed by atoms with Crippen LogP contribution in [-0.4, -0.2) is 44.3 Å². The highest BCUT2D eigenvalue weighted by Crippen LogP contribution is 2.28. The molecule has 0 heterocycles. The third-order valence-corrected chi connectivity index (χ3v) is 4.20. The molecule has 0 radical (unpaired) electrons. The van der Waals surface area contributed by atoms with Crippen molar-refractivity contribution in [2.75, 3.05) is 33.4 Å². The van der Waals surface area contributed by atoms with Crippen LogP contribution in [0.5, 0.6) is 0 Å². The summed E-state index contributed by atoms with van der Waals surface area (Å²) in [4.78, 5) is 2.33. The predicted molar refractivity (Wildman–Crippen MR) is 71.0 cm³/mol. The Morgan fingerprint density at radius 3 is 2.59 bits per heavy atom. The zero-order valence-corrected chi connectivity index (χ0v) is 11.2. The molecule has 17 heavy (non-hydrogen) atoms. The van der Waals surface area contributed by atoms with Gasteiger partial charge >= 0.3 is 0 Å². The van der Waals surface area contributed by atoms with E-state index in [-0.39, 0.29) is 0 Å². The van der Waals surface area contributed by atoms with Crippen molar-refractivity contribution in [2.45, 2.75) is 44.6 Å². The first-order valence-electron chi connectivity index (χ1n) is 7.27. The minimum atomic E-state index is 0.367. The van der Waals surface area contributed by atoms with E-state index < -0.39 is 0 Å². The lowest BCUT2D eigenvalue weighted by molar-refractivity contribution is 0.1000. The van der Waals surface area contributed by atoms with Crippen LogP contribution in [0.4, 0.5) is 0 Å². The van der Waals surface area contributed by atoms with Gasteiger partial charge in [0.25, 0.3) is 0 Å². The number of hydrogen-bond acceptors (Lipinski definition) is 3. The van der Waals surface area contributed by atoms with Crippen molar-refractivity contribution in [1.29, 1.82) is 0 Å². The lowest BCUT2D eigenvalue weighted by atomic mass is 9.99. The van der Waals surface area contributed by atoms with E-state index in [0.29, 0.717) is 6.04 Å². The Morgan fingerprint density at radius 2 is 1.94 bits per heavy atom. The maximum atomic E-state index is 6.26. The Morgan fingerprint density at radius 1 is 1.24 bits per heavy atom. The molecule has 2 fully saturated rings. The van der Waals surface area contributed by atoms with E-state index in [9.17, 15) is 0 Å². The SMILES string of the molecule is CN(CCOCC1CC1)CC(N)C1CCCC1. The molecule has 2 rings (SSSR count). The normalized spacial score (nSPS) is 23.5. The molecule has 0 aliphatic heterocycles. The highest BCUT2D eigenvalue weighted by molar-refractivity contribution is 4.80.